The number of fused-ring (bicyclic) bond motifs is 4. The first-order valence-electron chi connectivity index (χ1n) is 7.41. The number of H-pyrrole nitrogens is 1. The minimum absolute atomic E-state index is 0.688. The number of benzene rings is 1. The van der Waals surface area contributed by atoms with Crippen LogP contribution in [0.25, 0.3) is 10.9 Å². The van der Waals surface area contributed by atoms with Gasteiger partial charge in [-0.05, 0) is 48.9 Å². The van der Waals surface area contributed by atoms with Gasteiger partial charge in [-0.2, -0.15) is 0 Å². The molecule has 3 aliphatic heterocycles. The van der Waals surface area contributed by atoms with Gasteiger partial charge in [-0.15, -0.1) is 0 Å². The lowest BCUT2D eigenvalue weighted by molar-refractivity contribution is 0.0720. The summed E-state index contributed by atoms with van der Waals surface area (Å²) in [5, 5.41) is 5.10. The van der Waals surface area contributed by atoms with Gasteiger partial charge in [0.15, 0.2) is 0 Å². The summed E-state index contributed by atoms with van der Waals surface area (Å²) in [6.45, 7) is 4.85. The molecule has 3 nitrogen and oxygen atoms in total. The van der Waals surface area contributed by atoms with Crippen LogP contribution < -0.4 is 5.32 Å². The van der Waals surface area contributed by atoms with Crippen molar-refractivity contribution in [3.05, 3.63) is 36.0 Å². The summed E-state index contributed by atoms with van der Waals surface area (Å²) in [5.74, 6) is 0.896. The summed E-state index contributed by atoms with van der Waals surface area (Å²) < 4.78 is 0. The molecule has 4 heterocycles. The van der Waals surface area contributed by atoms with Gasteiger partial charge in [-0.1, -0.05) is 18.2 Å². The highest BCUT2D eigenvalue weighted by Crippen LogP contribution is 2.28. The number of hydrogen-bond acceptors (Lipinski definition) is 2. The summed E-state index contributed by atoms with van der Waals surface area (Å²) >= 11 is 0. The molecule has 0 spiro atoms. The molecule has 2 aromatic rings. The minimum Gasteiger partial charge on any atom is -0.361 e. The Hall–Kier alpha value is -1.32. The molecule has 0 radical (unpaired) electrons. The lowest BCUT2D eigenvalue weighted by Gasteiger charge is -2.45. The maximum absolute atomic E-state index is 3.79. The van der Waals surface area contributed by atoms with Crippen molar-refractivity contribution in [1.29, 1.82) is 0 Å². The Kier molecular flexibility index (Phi) is 2.82. The molecule has 1 unspecified atom stereocenters. The molecule has 1 aromatic carbocycles. The molecule has 2 bridgehead atoms. The summed E-state index contributed by atoms with van der Waals surface area (Å²) in [5.41, 5.74) is 2.68. The van der Waals surface area contributed by atoms with Gasteiger partial charge in [0.1, 0.15) is 0 Å². The van der Waals surface area contributed by atoms with Crippen molar-refractivity contribution in [2.75, 3.05) is 19.6 Å². The van der Waals surface area contributed by atoms with Crippen LogP contribution in [0.1, 0.15) is 18.4 Å². The Balaban J connectivity index is 1.49. The zero-order valence-electron chi connectivity index (χ0n) is 11.2. The summed E-state index contributed by atoms with van der Waals surface area (Å²) in [4.78, 5) is 5.96. The van der Waals surface area contributed by atoms with E-state index in [-0.39, 0.29) is 0 Å². The number of hydrogen-bond donors (Lipinski definition) is 2. The zero-order valence-corrected chi connectivity index (χ0v) is 11.2. The van der Waals surface area contributed by atoms with Crippen LogP contribution in [0.15, 0.2) is 30.5 Å². The van der Waals surface area contributed by atoms with Gasteiger partial charge in [-0.25, -0.2) is 0 Å². The number of nitrogens with one attached hydrogen (secondary N) is 2. The van der Waals surface area contributed by atoms with Crippen LogP contribution in [0, 0.1) is 5.92 Å². The van der Waals surface area contributed by atoms with Crippen molar-refractivity contribution in [3.8, 4) is 0 Å². The van der Waals surface area contributed by atoms with E-state index in [1.165, 1.54) is 48.9 Å². The van der Waals surface area contributed by atoms with Gasteiger partial charge in [0.25, 0.3) is 0 Å². The van der Waals surface area contributed by atoms with E-state index in [9.17, 15) is 0 Å². The van der Waals surface area contributed by atoms with Gasteiger partial charge in [0, 0.05) is 30.8 Å². The average Bonchev–Trinajstić information content (AvgIpc) is 2.95. The molecule has 1 aromatic heterocycles. The highest BCUT2D eigenvalue weighted by atomic mass is 15.2. The van der Waals surface area contributed by atoms with Crippen LogP contribution in [0.4, 0.5) is 0 Å². The zero-order chi connectivity index (χ0) is 12.7. The van der Waals surface area contributed by atoms with E-state index in [4.69, 9.17) is 0 Å². The Bertz CT molecular complexity index is 566. The second-order valence-corrected chi connectivity index (χ2v) is 5.98. The average molecular weight is 255 g/mol. The number of rotatable bonds is 3. The fourth-order valence-electron chi connectivity index (χ4n) is 3.73. The molecule has 100 valence electrons. The molecule has 0 amide bonds. The van der Waals surface area contributed by atoms with E-state index < -0.39 is 0 Å². The first-order chi connectivity index (χ1) is 9.40. The third-order valence-electron chi connectivity index (χ3n) is 4.88. The van der Waals surface area contributed by atoms with E-state index in [1.807, 2.05) is 6.20 Å². The highest BCUT2D eigenvalue weighted by Gasteiger charge is 2.33. The van der Waals surface area contributed by atoms with Crippen LogP contribution in [-0.2, 0) is 6.54 Å². The van der Waals surface area contributed by atoms with Crippen molar-refractivity contribution in [2.45, 2.75) is 25.4 Å². The maximum atomic E-state index is 3.79. The second-order valence-electron chi connectivity index (χ2n) is 5.98. The molecule has 3 aliphatic rings. The molecule has 3 heteroatoms. The summed E-state index contributed by atoms with van der Waals surface area (Å²) in [6, 6.07) is 9.39. The van der Waals surface area contributed by atoms with Crippen LogP contribution in [0.5, 0.6) is 0 Å². The normalized spacial score (nSPS) is 30.0. The molecule has 3 saturated heterocycles. The molecular formula is C16H21N3. The molecular weight excluding hydrogens is 234 g/mol. The summed E-state index contributed by atoms with van der Waals surface area (Å²) in [7, 11) is 0. The first-order valence-corrected chi connectivity index (χ1v) is 7.41. The van der Waals surface area contributed by atoms with Crippen molar-refractivity contribution >= 4 is 10.9 Å². The van der Waals surface area contributed by atoms with Crippen LogP contribution >= 0.6 is 0 Å². The summed E-state index contributed by atoms with van der Waals surface area (Å²) in [6.07, 6.45) is 4.79. The van der Waals surface area contributed by atoms with E-state index in [2.05, 4.69) is 39.5 Å². The van der Waals surface area contributed by atoms with E-state index in [0.29, 0.717) is 6.04 Å². The van der Waals surface area contributed by atoms with Gasteiger partial charge < -0.3 is 15.2 Å². The molecule has 2 N–H and O–H groups in total. The first kappa shape index (κ1) is 11.5. The van der Waals surface area contributed by atoms with Crippen molar-refractivity contribution in [1.82, 2.24) is 15.2 Å². The fraction of sp³-hybridized carbons (Fsp3) is 0.500. The van der Waals surface area contributed by atoms with Crippen molar-refractivity contribution < 1.29 is 0 Å². The van der Waals surface area contributed by atoms with Crippen molar-refractivity contribution in [3.63, 3.8) is 0 Å². The molecule has 5 rings (SSSR count). The second kappa shape index (κ2) is 4.66. The van der Waals surface area contributed by atoms with Gasteiger partial charge >= 0.3 is 0 Å². The predicted molar refractivity (Wildman–Crippen MR) is 78.1 cm³/mol. The molecule has 19 heavy (non-hydrogen) atoms. The van der Waals surface area contributed by atoms with E-state index >= 15 is 0 Å². The number of nitrogens with zero attached hydrogens (tertiary/aromatic N) is 1. The standard InChI is InChI=1S/C16H21N3/c1-2-13-4-7-17-16(13)14(3-1)10-18-15-11-19-8-5-12(15)6-9-19/h1-4,7,12,15,17-18H,5-6,8-11H2. The molecule has 0 saturated carbocycles. The quantitative estimate of drug-likeness (QED) is 0.882. The number of piperidine rings is 3. The van der Waals surface area contributed by atoms with Crippen LogP contribution in [0.3, 0.4) is 0 Å². The highest BCUT2D eigenvalue weighted by molar-refractivity contribution is 5.82. The lowest BCUT2D eigenvalue weighted by atomic mass is 9.84. The van der Waals surface area contributed by atoms with Gasteiger partial charge in [-0.3, -0.25) is 0 Å². The molecule has 1 atom stereocenters. The van der Waals surface area contributed by atoms with E-state index in [0.717, 1.165) is 12.5 Å². The van der Waals surface area contributed by atoms with E-state index in [1.54, 1.807) is 0 Å². The molecule has 3 fully saturated rings. The minimum atomic E-state index is 0.688. The Labute approximate surface area is 114 Å². The predicted octanol–water partition coefficient (Wildman–Crippen LogP) is 2.35. The van der Waals surface area contributed by atoms with Crippen LogP contribution in [-0.4, -0.2) is 35.6 Å². The monoisotopic (exact) mass is 255 g/mol. The number of para-hydroxylation sites is 1. The topological polar surface area (TPSA) is 31.1 Å². The van der Waals surface area contributed by atoms with Crippen molar-refractivity contribution in [2.24, 2.45) is 5.92 Å². The van der Waals surface area contributed by atoms with Gasteiger partial charge in [0.05, 0.1) is 0 Å². The van der Waals surface area contributed by atoms with Gasteiger partial charge in [0.2, 0.25) is 0 Å². The third kappa shape index (κ3) is 2.07. The number of aromatic amines is 1. The SMILES string of the molecule is c1cc(CNC2CN3CCC2CC3)c2[nH]ccc2c1. The molecule has 0 aliphatic carbocycles. The smallest absolute Gasteiger partial charge is 0.0499 e. The Morgan fingerprint density at radius 3 is 2.89 bits per heavy atom. The van der Waals surface area contributed by atoms with Crippen LogP contribution in [0.2, 0.25) is 0 Å². The maximum Gasteiger partial charge on any atom is 0.0499 e. The Morgan fingerprint density at radius 2 is 2.11 bits per heavy atom. The Morgan fingerprint density at radius 1 is 1.21 bits per heavy atom. The lowest BCUT2D eigenvalue weighted by Crippen LogP contribution is -2.55. The fourth-order valence-corrected chi connectivity index (χ4v) is 3.73. The third-order valence-corrected chi connectivity index (χ3v) is 4.88. The largest absolute Gasteiger partial charge is 0.361 e. The number of aromatic nitrogens is 1.